The lowest BCUT2D eigenvalue weighted by atomic mass is 9.84. The largest absolute Gasteiger partial charge is 0.391 e. The van der Waals surface area contributed by atoms with Crippen molar-refractivity contribution in [1.29, 1.82) is 0 Å². The van der Waals surface area contributed by atoms with Gasteiger partial charge in [0.25, 0.3) is 0 Å². The first-order valence-electron chi connectivity index (χ1n) is 5.02. The number of carbonyl (C=O) groups is 1. The zero-order valence-corrected chi connectivity index (χ0v) is 9.16. The Labute approximate surface area is 84.4 Å². The molecule has 3 heteroatoms. The average molecular weight is 195 g/mol. The van der Waals surface area contributed by atoms with Gasteiger partial charge in [0, 0.05) is 6.54 Å². The second kappa shape index (κ2) is 2.67. The van der Waals surface area contributed by atoms with E-state index in [1.807, 2.05) is 20.9 Å². The monoisotopic (exact) mass is 195 g/mol. The summed E-state index contributed by atoms with van der Waals surface area (Å²) < 4.78 is 0. The summed E-state index contributed by atoms with van der Waals surface area (Å²) in [4.78, 5) is 14.0. The van der Waals surface area contributed by atoms with E-state index in [1.54, 1.807) is 0 Å². The average Bonchev–Trinajstić information content (AvgIpc) is 2.44. The van der Waals surface area contributed by atoms with Crippen molar-refractivity contribution in [3.8, 4) is 0 Å². The van der Waals surface area contributed by atoms with Crippen LogP contribution in [-0.4, -0.2) is 41.0 Å². The minimum atomic E-state index is -0.509. The zero-order valence-electron chi connectivity index (χ0n) is 9.16. The molecule has 1 aliphatic heterocycles. The predicted octanol–water partition coefficient (Wildman–Crippen LogP) is 0.587. The molecule has 0 spiro atoms. The van der Waals surface area contributed by atoms with Crippen LogP contribution < -0.4 is 0 Å². The molecule has 0 aromatic heterocycles. The van der Waals surface area contributed by atoms with Gasteiger partial charge in [-0.1, -0.05) is 0 Å². The molecule has 0 radical (unpaired) electrons. The maximum atomic E-state index is 11.9. The second-order valence-corrected chi connectivity index (χ2v) is 4.69. The third-order valence-corrected chi connectivity index (χ3v) is 4.22. The van der Waals surface area contributed by atoms with Crippen LogP contribution in [0.4, 0.5) is 0 Å². The van der Waals surface area contributed by atoms with Gasteiger partial charge in [-0.05, 0) is 39.0 Å². The van der Waals surface area contributed by atoms with Gasteiger partial charge in [-0.25, -0.2) is 0 Å². The molecule has 3 atom stereocenters. The fourth-order valence-corrected chi connectivity index (χ4v) is 2.93. The quantitative estimate of drug-likeness (QED) is 0.615. The Kier molecular flexibility index (Phi) is 1.88. The number of ketones is 1. The van der Waals surface area contributed by atoms with E-state index in [-0.39, 0.29) is 17.2 Å². The van der Waals surface area contributed by atoms with Crippen molar-refractivity contribution >= 4 is 5.78 Å². The third-order valence-electron chi connectivity index (χ3n) is 4.22. The van der Waals surface area contributed by atoms with E-state index in [4.69, 9.17) is 0 Å². The maximum absolute atomic E-state index is 11.9. The number of rotatable bonds is 0. The summed E-state index contributed by atoms with van der Waals surface area (Å²) in [6.07, 6.45) is -0.509. The number of Topliss-reactive ketones (excluding diaryl/α,β-unsaturated/α-hetero) is 1. The number of aliphatic hydroxyl groups excluding tert-OH is 1. The molecule has 0 saturated carbocycles. The summed E-state index contributed by atoms with van der Waals surface area (Å²) in [6, 6.07) is 0. The molecule has 3 nitrogen and oxygen atoms in total. The Morgan fingerprint density at radius 1 is 1.50 bits per heavy atom. The lowest BCUT2D eigenvalue weighted by Gasteiger charge is -2.33. The number of likely N-dealkylation sites (tertiary alicyclic amines) is 1. The standard InChI is InChI=1S/C11H17NO2/c1-6-7(2)11(3)9(10(6)14)8(13)5-12(11)4/h8-9,13H,5H2,1-4H3/t8-,9+,11-/m1/s1. The van der Waals surface area contributed by atoms with Crippen molar-refractivity contribution in [2.24, 2.45) is 5.92 Å². The zero-order chi connectivity index (χ0) is 10.7. The number of nitrogens with zero attached hydrogens (tertiary/aromatic N) is 1. The SMILES string of the molecule is CC1=C(C)[C@]2(C)[C@H](C1=O)[C@H](O)CN2C. The third kappa shape index (κ3) is 0.868. The number of hydrogen-bond donors (Lipinski definition) is 1. The van der Waals surface area contributed by atoms with Gasteiger partial charge >= 0.3 is 0 Å². The van der Waals surface area contributed by atoms with Gasteiger partial charge < -0.3 is 5.11 Å². The Balaban J connectivity index is 2.54. The molecule has 0 aromatic rings. The molecule has 1 saturated heterocycles. The molecule has 1 heterocycles. The predicted molar refractivity (Wildman–Crippen MR) is 53.9 cm³/mol. The Morgan fingerprint density at radius 2 is 2.07 bits per heavy atom. The van der Waals surface area contributed by atoms with Crippen LogP contribution in [0.1, 0.15) is 20.8 Å². The Morgan fingerprint density at radius 3 is 2.57 bits per heavy atom. The van der Waals surface area contributed by atoms with Crippen LogP contribution in [0.25, 0.3) is 0 Å². The molecular weight excluding hydrogens is 178 g/mol. The van der Waals surface area contributed by atoms with E-state index < -0.39 is 6.10 Å². The molecule has 1 fully saturated rings. The number of carbonyl (C=O) groups excluding carboxylic acids is 1. The molecule has 2 aliphatic rings. The van der Waals surface area contributed by atoms with E-state index in [9.17, 15) is 9.90 Å². The molecule has 0 aromatic carbocycles. The number of β-amino-alcohol motifs (C(OH)–C–C–N with tert-alkyl or cyclic N) is 1. The molecule has 14 heavy (non-hydrogen) atoms. The number of hydrogen-bond acceptors (Lipinski definition) is 3. The number of allylic oxidation sites excluding steroid dienone is 1. The van der Waals surface area contributed by atoms with E-state index in [1.165, 1.54) is 0 Å². The van der Waals surface area contributed by atoms with Gasteiger partial charge in [-0.3, -0.25) is 9.69 Å². The first kappa shape index (κ1) is 9.87. The van der Waals surface area contributed by atoms with Crippen molar-refractivity contribution < 1.29 is 9.90 Å². The topological polar surface area (TPSA) is 40.5 Å². The first-order chi connectivity index (χ1) is 6.40. The highest BCUT2D eigenvalue weighted by atomic mass is 16.3. The summed E-state index contributed by atoms with van der Waals surface area (Å²) in [6.45, 7) is 6.51. The van der Waals surface area contributed by atoms with Crippen molar-refractivity contribution in [3.05, 3.63) is 11.1 Å². The van der Waals surface area contributed by atoms with Crippen molar-refractivity contribution in [1.82, 2.24) is 4.90 Å². The van der Waals surface area contributed by atoms with E-state index in [0.717, 1.165) is 11.1 Å². The molecular formula is C11H17NO2. The van der Waals surface area contributed by atoms with Gasteiger partial charge in [-0.2, -0.15) is 0 Å². The molecule has 0 unspecified atom stereocenters. The van der Waals surface area contributed by atoms with Crippen LogP contribution in [0.5, 0.6) is 0 Å². The van der Waals surface area contributed by atoms with Gasteiger partial charge in [0.15, 0.2) is 5.78 Å². The Bertz CT molecular complexity index is 334. The summed E-state index contributed by atoms with van der Waals surface area (Å²) in [7, 11) is 1.97. The highest BCUT2D eigenvalue weighted by molar-refractivity contribution is 6.02. The second-order valence-electron chi connectivity index (χ2n) is 4.69. The van der Waals surface area contributed by atoms with Crippen molar-refractivity contribution in [2.75, 3.05) is 13.6 Å². The highest BCUT2D eigenvalue weighted by Gasteiger charge is 2.57. The molecule has 1 aliphatic carbocycles. The van der Waals surface area contributed by atoms with E-state index in [2.05, 4.69) is 11.8 Å². The van der Waals surface area contributed by atoms with Crippen LogP contribution in [0.3, 0.4) is 0 Å². The summed E-state index contributed by atoms with van der Waals surface area (Å²) in [5, 5.41) is 9.85. The first-order valence-corrected chi connectivity index (χ1v) is 5.02. The van der Waals surface area contributed by atoms with Crippen LogP contribution in [0.15, 0.2) is 11.1 Å². The minimum absolute atomic E-state index is 0.127. The summed E-state index contributed by atoms with van der Waals surface area (Å²) in [5.41, 5.74) is 1.70. The number of aliphatic hydroxyl groups is 1. The molecule has 0 bridgehead atoms. The molecule has 2 rings (SSSR count). The summed E-state index contributed by atoms with van der Waals surface area (Å²) >= 11 is 0. The fraction of sp³-hybridized carbons (Fsp3) is 0.727. The normalized spacial score (nSPS) is 43.6. The maximum Gasteiger partial charge on any atom is 0.166 e. The van der Waals surface area contributed by atoms with Gasteiger partial charge in [0.2, 0.25) is 0 Å². The highest BCUT2D eigenvalue weighted by Crippen LogP contribution is 2.47. The van der Waals surface area contributed by atoms with Gasteiger partial charge in [0.05, 0.1) is 17.6 Å². The number of fused-ring (bicyclic) bond motifs is 1. The van der Waals surface area contributed by atoms with Crippen molar-refractivity contribution in [2.45, 2.75) is 32.4 Å². The lowest BCUT2D eigenvalue weighted by Crippen LogP contribution is -2.43. The van der Waals surface area contributed by atoms with Crippen molar-refractivity contribution in [3.63, 3.8) is 0 Å². The van der Waals surface area contributed by atoms with Gasteiger partial charge in [0.1, 0.15) is 0 Å². The number of likely N-dealkylation sites (N-methyl/N-ethyl adjacent to an activating group) is 1. The molecule has 78 valence electrons. The lowest BCUT2D eigenvalue weighted by molar-refractivity contribution is -0.121. The minimum Gasteiger partial charge on any atom is -0.391 e. The molecule has 0 amide bonds. The van der Waals surface area contributed by atoms with Gasteiger partial charge in [-0.15, -0.1) is 0 Å². The fourth-order valence-electron chi connectivity index (χ4n) is 2.93. The van der Waals surface area contributed by atoms with Crippen LogP contribution in [0.2, 0.25) is 0 Å². The van der Waals surface area contributed by atoms with Crippen LogP contribution >= 0.6 is 0 Å². The van der Waals surface area contributed by atoms with E-state index >= 15 is 0 Å². The molecule has 1 N–H and O–H groups in total. The smallest absolute Gasteiger partial charge is 0.166 e. The van der Waals surface area contributed by atoms with E-state index in [0.29, 0.717) is 6.54 Å². The summed E-state index contributed by atoms with van der Waals surface area (Å²) in [5.74, 6) is -0.116. The van der Waals surface area contributed by atoms with Crippen LogP contribution in [-0.2, 0) is 4.79 Å². The van der Waals surface area contributed by atoms with Crippen LogP contribution in [0, 0.1) is 5.92 Å². The Hall–Kier alpha value is -0.670.